The van der Waals surface area contributed by atoms with Crippen LogP contribution in [0.3, 0.4) is 0 Å². The van der Waals surface area contributed by atoms with Crippen molar-refractivity contribution >= 4 is 5.95 Å². The Kier molecular flexibility index (Phi) is 3.78. The zero-order valence-electron chi connectivity index (χ0n) is 12.7. The van der Waals surface area contributed by atoms with Crippen molar-refractivity contribution in [1.29, 1.82) is 0 Å². The summed E-state index contributed by atoms with van der Waals surface area (Å²) < 4.78 is 5.66. The maximum atomic E-state index is 5.66. The predicted molar refractivity (Wildman–Crippen MR) is 83.7 cm³/mol. The van der Waals surface area contributed by atoms with Crippen molar-refractivity contribution in [3.05, 3.63) is 47.7 Å². The van der Waals surface area contributed by atoms with E-state index in [0.29, 0.717) is 23.8 Å². The molecule has 2 unspecified atom stereocenters. The van der Waals surface area contributed by atoms with E-state index in [0.717, 1.165) is 12.1 Å². The molecule has 1 saturated carbocycles. The van der Waals surface area contributed by atoms with Gasteiger partial charge in [-0.05, 0) is 32.8 Å². The number of hydrogen-bond donors (Lipinski definition) is 1. The molecule has 2 atom stereocenters. The van der Waals surface area contributed by atoms with Gasteiger partial charge in [0, 0.05) is 23.7 Å². The number of nitrogens with zero attached hydrogens (tertiary/aromatic N) is 2. The predicted octanol–water partition coefficient (Wildman–Crippen LogP) is 3.54. The van der Waals surface area contributed by atoms with E-state index in [1.54, 1.807) is 0 Å². The van der Waals surface area contributed by atoms with Crippen molar-refractivity contribution in [2.75, 3.05) is 5.32 Å². The van der Waals surface area contributed by atoms with E-state index < -0.39 is 0 Å². The molecule has 21 heavy (non-hydrogen) atoms. The number of hydrogen-bond acceptors (Lipinski definition) is 4. The van der Waals surface area contributed by atoms with Crippen LogP contribution in [-0.2, 0) is 0 Å². The third-order valence-electron chi connectivity index (χ3n) is 3.52. The lowest BCUT2D eigenvalue weighted by atomic mass is 10.1. The molecule has 1 heterocycles. The molecule has 3 rings (SSSR count). The maximum Gasteiger partial charge on any atom is 0.226 e. The molecule has 1 aliphatic carbocycles. The Morgan fingerprint density at radius 2 is 1.95 bits per heavy atom. The highest BCUT2D eigenvalue weighted by atomic mass is 16.5. The molecular formula is C17H21N3O. The van der Waals surface area contributed by atoms with Crippen LogP contribution in [0.25, 0.3) is 0 Å². The fraction of sp³-hybridized carbons (Fsp3) is 0.412. The van der Waals surface area contributed by atoms with E-state index in [-0.39, 0.29) is 6.10 Å². The minimum Gasteiger partial charge on any atom is -0.475 e. The number of nitrogens with one attached hydrogen (secondary N) is 1. The Labute approximate surface area is 125 Å². The summed E-state index contributed by atoms with van der Waals surface area (Å²) in [7, 11) is 0. The molecule has 0 radical (unpaired) electrons. The Balaban J connectivity index is 1.68. The summed E-state index contributed by atoms with van der Waals surface area (Å²) in [6, 6.07) is 12.9. The molecule has 4 heteroatoms. The molecule has 1 aliphatic rings. The van der Waals surface area contributed by atoms with Crippen molar-refractivity contribution in [1.82, 2.24) is 9.97 Å². The fourth-order valence-electron chi connectivity index (χ4n) is 2.50. The van der Waals surface area contributed by atoms with Gasteiger partial charge < -0.3 is 10.1 Å². The van der Waals surface area contributed by atoms with Crippen molar-refractivity contribution < 1.29 is 4.74 Å². The Morgan fingerprint density at radius 1 is 1.19 bits per heavy atom. The number of aromatic nitrogens is 2. The normalized spacial score (nSPS) is 20.4. The molecule has 110 valence electrons. The second-order valence-electron chi connectivity index (χ2n) is 5.84. The summed E-state index contributed by atoms with van der Waals surface area (Å²) in [5.74, 6) is 1.86. The van der Waals surface area contributed by atoms with Gasteiger partial charge in [0.05, 0.1) is 6.10 Å². The van der Waals surface area contributed by atoms with Crippen molar-refractivity contribution in [3.8, 4) is 5.88 Å². The number of rotatable bonds is 5. The lowest BCUT2D eigenvalue weighted by Gasteiger charge is -2.11. The average molecular weight is 283 g/mol. The Bertz CT molecular complexity index is 613. The summed E-state index contributed by atoms with van der Waals surface area (Å²) in [6.07, 6.45) is 1.24. The lowest BCUT2D eigenvalue weighted by Crippen LogP contribution is -2.12. The van der Waals surface area contributed by atoms with Crippen LogP contribution in [0.1, 0.15) is 37.4 Å². The molecule has 0 spiro atoms. The van der Waals surface area contributed by atoms with Gasteiger partial charge in [0.25, 0.3) is 0 Å². The molecule has 2 aromatic rings. The molecule has 0 amide bonds. The first-order chi connectivity index (χ1) is 10.1. The smallest absolute Gasteiger partial charge is 0.226 e. The number of benzene rings is 1. The topological polar surface area (TPSA) is 47.0 Å². The number of anilines is 1. The van der Waals surface area contributed by atoms with E-state index in [1.807, 2.05) is 32.9 Å². The first kappa shape index (κ1) is 13.9. The van der Waals surface area contributed by atoms with Gasteiger partial charge in [-0.3, -0.25) is 0 Å². The van der Waals surface area contributed by atoms with E-state index in [4.69, 9.17) is 4.74 Å². The number of aryl methyl sites for hydroxylation is 1. The van der Waals surface area contributed by atoms with Gasteiger partial charge in [-0.2, -0.15) is 4.98 Å². The van der Waals surface area contributed by atoms with Gasteiger partial charge in [-0.25, -0.2) is 4.98 Å². The Morgan fingerprint density at radius 3 is 2.67 bits per heavy atom. The summed E-state index contributed by atoms with van der Waals surface area (Å²) in [6.45, 7) is 5.95. The van der Waals surface area contributed by atoms with Crippen LogP contribution in [0, 0.1) is 6.92 Å². The number of ether oxygens (including phenoxy) is 1. The zero-order valence-corrected chi connectivity index (χ0v) is 12.7. The van der Waals surface area contributed by atoms with Crippen LogP contribution in [0.2, 0.25) is 0 Å². The summed E-state index contributed by atoms with van der Waals surface area (Å²) in [5, 5.41) is 3.42. The van der Waals surface area contributed by atoms with Crippen molar-refractivity contribution in [3.63, 3.8) is 0 Å². The van der Waals surface area contributed by atoms with Crippen LogP contribution in [0.5, 0.6) is 5.88 Å². The minimum absolute atomic E-state index is 0.116. The first-order valence-electron chi connectivity index (χ1n) is 7.45. The van der Waals surface area contributed by atoms with E-state index in [9.17, 15) is 0 Å². The summed E-state index contributed by atoms with van der Waals surface area (Å²) in [5.41, 5.74) is 2.29. The third-order valence-corrected chi connectivity index (χ3v) is 3.52. The third kappa shape index (κ3) is 3.51. The molecular weight excluding hydrogens is 262 g/mol. The maximum absolute atomic E-state index is 5.66. The van der Waals surface area contributed by atoms with Crippen molar-refractivity contribution in [2.24, 2.45) is 0 Å². The first-order valence-corrected chi connectivity index (χ1v) is 7.45. The molecule has 0 aliphatic heterocycles. The quantitative estimate of drug-likeness (QED) is 0.911. The molecule has 0 bridgehead atoms. The molecule has 1 N–H and O–H groups in total. The largest absolute Gasteiger partial charge is 0.475 e. The molecule has 0 saturated heterocycles. The van der Waals surface area contributed by atoms with Crippen LogP contribution in [-0.4, -0.2) is 22.1 Å². The van der Waals surface area contributed by atoms with E-state index in [1.165, 1.54) is 5.56 Å². The van der Waals surface area contributed by atoms with Crippen LogP contribution < -0.4 is 10.1 Å². The highest BCUT2D eigenvalue weighted by Crippen LogP contribution is 2.42. The molecule has 4 nitrogen and oxygen atoms in total. The minimum atomic E-state index is 0.116. The van der Waals surface area contributed by atoms with Gasteiger partial charge in [0.15, 0.2) is 0 Å². The summed E-state index contributed by atoms with van der Waals surface area (Å²) >= 11 is 0. The standard InChI is InChI=1S/C17H21N3O/c1-11(2)21-16-9-12(3)18-17(20-16)19-15-10-14(15)13-7-5-4-6-8-13/h4-9,11,14-15H,10H2,1-3H3,(H,18,19,20). The molecule has 1 aromatic carbocycles. The van der Waals surface area contributed by atoms with Crippen LogP contribution >= 0.6 is 0 Å². The lowest BCUT2D eigenvalue weighted by molar-refractivity contribution is 0.232. The van der Waals surface area contributed by atoms with Gasteiger partial charge in [-0.1, -0.05) is 30.3 Å². The van der Waals surface area contributed by atoms with E-state index >= 15 is 0 Å². The second-order valence-corrected chi connectivity index (χ2v) is 5.84. The van der Waals surface area contributed by atoms with Gasteiger partial charge in [0.2, 0.25) is 11.8 Å². The van der Waals surface area contributed by atoms with Crippen LogP contribution in [0.4, 0.5) is 5.95 Å². The monoisotopic (exact) mass is 283 g/mol. The fourth-order valence-corrected chi connectivity index (χ4v) is 2.50. The molecule has 1 fully saturated rings. The van der Waals surface area contributed by atoms with E-state index in [2.05, 4.69) is 39.6 Å². The summed E-state index contributed by atoms with van der Waals surface area (Å²) in [4.78, 5) is 8.88. The Hall–Kier alpha value is -2.10. The average Bonchev–Trinajstić information content (AvgIpc) is 3.17. The van der Waals surface area contributed by atoms with Gasteiger partial charge in [-0.15, -0.1) is 0 Å². The highest BCUT2D eigenvalue weighted by molar-refractivity contribution is 5.39. The highest BCUT2D eigenvalue weighted by Gasteiger charge is 2.38. The molecule has 1 aromatic heterocycles. The van der Waals surface area contributed by atoms with Crippen LogP contribution in [0.15, 0.2) is 36.4 Å². The van der Waals surface area contributed by atoms with Crippen molar-refractivity contribution in [2.45, 2.75) is 45.3 Å². The van der Waals surface area contributed by atoms with Gasteiger partial charge in [0.1, 0.15) is 0 Å². The zero-order chi connectivity index (χ0) is 14.8. The SMILES string of the molecule is Cc1cc(OC(C)C)nc(NC2CC2c2ccccc2)n1. The van der Waals surface area contributed by atoms with Gasteiger partial charge >= 0.3 is 0 Å². The second kappa shape index (κ2) is 5.72.